The van der Waals surface area contributed by atoms with Crippen LogP contribution < -0.4 is 0 Å². The van der Waals surface area contributed by atoms with E-state index in [0.717, 1.165) is 0 Å². The second kappa shape index (κ2) is 6.06. The van der Waals surface area contributed by atoms with E-state index in [9.17, 15) is 9.59 Å². The van der Waals surface area contributed by atoms with Crippen molar-refractivity contribution in [3.05, 3.63) is 0 Å². The minimum absolute atomic E-state index is 0.0599. The maximum atomic E-state index is 12.7. The van der Waals surface area contributed by atoms with E-state index in [1.54, 1.807) is 27.7 Å². The predicted octanol–water partition coefficient (Wildman–Crippen LogP) is 1.22. The number of carbonyl (C=O) groups is 2. The van der Waals surface area contributed by atoms with E-state index >= 15 is 0 Å². The average Bonchev–Trinajstić information content (AvgIpc) is 2.68. The van der Waals surface area contributed by atoms with Crippen LogP contribution in [0.3, 0.4) is 0 Å². The van der Waals surface area contributed by atoms with Crippen LogP contribution in [0.5, 0.6) is 0 Å². The van der Waals surface area contributed by atoms with E-state index in [4.69, 9.17) is 22.9 Å². The normalized spacial score (nSPS) is 31.2. The number of ether oxygens (including phenoxy) is 2. The van der Waals surface area contributed by atoms with Crippen LogP contribution in [0.25, 0.3) is 0 Å². The first-order chi connectivity index (χ1) is 11.5. The smallest absolute Gasteiger partial charge is 0.231 e. The molecule has 0 spiro atoms. The SMILES string of the molecule is [CH-]=[N+](CC[N+](=[CH-])C1C(=O)C(C)(C)OC1(C)C)C1C(=O)C(C)(C)OC1(C)C. The van der Waals surface area contributed by atoms with Gasteiger partial charge in [0.1, 0.15) is 22.4 Å². The molecule has 6 heteroatoms. The summed E-state index contributed by atoms with van der Waals surface area (Å²) in [6.07, 6.45) is 0. The lowest BCUT2D eigenvalue weighted by Gasteiger charge is -2.28. The minimum Gasteiger partial charge on any atom is -0.400 e. The number of Topliss-reactive ketones (excluding diaryl/α,β-unsaturated/α-hetero) is 2. The number of rotatable bonds is 5. The standard InChI is InChI=1S/C20H32N2O4/c1-17(2)13(15(23)19(5,6)25-17)21(9)11-12-22(10)14-16(24)20(7,8)26-18(14,3)4/h9-10,13-14H,11-12H2,1-8H3. The first kappa shape index (κ1) is 20.9. The molecule has 2 unspecified atom stereocenters. The van der Waals surface area contributed by atoms with Gasteiger partial charge in [0, 0.05) is 0 Å². The number of hydrogen-bond acceptors (Lipinski definition) is 4. The molecular formula is C20H32N2O4. The van der Waals surface area contributed by atoms with Crippen molar-refractivity contribution in [1.82, 2.24) is 0 Å². The molecule has 2 atom stereocenters. The molecule has 2 fully saturated rings. The molecule has 0 bridgehead atoms. The van der Waals surface area contributed by atoms with E-state index in [1.165, 1.54) is 9.15 Å². The summed E-state index contributed by atoms with van der Waals surface area (Å²) in [5.74, 6) is -0.120. The first-order valence-corrected chi connectivity index (χ1v) is 9.04. The van der Waals surface area contributed by atoms with Gasteiger partial charge in [0.25, 0.3) is 0 Å². The number of hydrogen-bond donors (Lipinski definition) is 0. The summed E-state index contributed by atoms with van der Waals surface area (Å²) in [4.78, 5) is 25.3. The first-order valence-electron chi connectivity index (χ1n) is 9.04. The van der Waals surface area contributed by atoms with Gasteiger partial charge < -0.3 is 18.6 Å². The summed E-state index contributed by atoms with van der Waals surface area (Å²) < 4.78 is 14.7. The molecule has 0 aromatic rings. The molecule has 0 N–H and O–H groups in total. The summed E-state index contributed by atoms with van der Waals surface area (Å²) in [5.41, 5.74) is -3.17. The van der Waals surface area contributed by atoms with Crippen molar-refractivity contribution in [3.63, 3.8) is 0 Å². The fraction of sp³-hybridized carbons (Fsp3) is 0.800. The summed E-state index contributed by atoms with van der Waals surface area (Å²) in [7, 11) is 0. The maximum Gasteiger partial charge on any atom is 0.231 e. The number of carbonyl (C=O) groups excluding carboxylic acids is 2. The van der Waals surface area contributed by atoms with E-state index in [0.29, 0.717) is 13.1 Å². The average molecular weight is 364 g/mol. The highest BCUT2D eigenvalue weighted by atomic mass is 16.5. The lowest BCUT2D eigenvalue weighted by molar-refractivity contribution is -0.622. The Morgan fingerprint density at radius 1 is 0.731 bits per heavy atom. The van der Waals surface area contributed by atoms with Crippen molar-refractivity contribution < 1.29 is 28.2 Å². The second-order valence-corrected chi connectivity index (χ2v) is 9.44. The van der Waals surface area contributed by atoms with Crippen LogP contribution >= 0.6 is 0 Å². The molecule has 2 heterocycles. The van der Waals surface area contributed by atoms with Gasteiger partial charge >= 0.3 is 0 Å². The molecule has 0 saturated carbocycles. The lowest BCUT2D eigenvalue weighted by Crippen LogP contribution is -2.49. The zero-order chi connectivity index (χ0) is 20.3. The van der Waals surface area contributed by atoms with Crippen molar-refractivity contribution >= 4 is 25.0 Å². The molecule has 146 valence electrons. The van der Waals surface area contributed by atoms with Gasteiger partial charge in [-0.2, -0.15) is 0 Å². The molecule has 2 rings (SSSR count). The van der Waals surface area contributed by atoms with Gasteiger partial charge in [-0.05, 0) is 55.4 Å². The molecule has 0 aromatic heterocycles. The fourth-order valence-electron chi connectivity index (χ4n) is 4.41. The molecule has 2 saturated heterocycles. The van der Waals surface area contributed by atoms with E-state index in [-0.39, 0.29) is 11.6 Å². The van der Waals surface area contributed by atoms with Crippen molar-refractivity contribution in [2.24, 2.45) is 0 Å². The van der Waals surface area contributed by atoms with Crippen LogP contribution in [0, 0.1) is 0 Å². The highest BCUT2D eigenvalue weighted by molar-refractivity contribution is 5.94. The van der Waals surface area contributed by atoms with Crippen LogP contribution in [0.1, 0.15) is 55.4 Å². The Hall–Kier alpha value is -1.40. The molecular weight excluding hydrogens is 332 g/mol. The zero-order valence-corrected chi connectivity index (χ0v) is 17.3. The molecule has 6 nitrogen and oxygen atoms in total. The van der Waals surface area contributed by atoms with E-state index < -0.39 is 34.5 Å². The summed E-state index contributed by atoms with van der Waals surface area (Å²) in [5, 5.41) is 0. The molecule has 2 aliphatic heterocycles. The van der Waals surface area contributed by atoms with Crippen molar-refractivity contribution in [1.29, 1.82) is 0 Å². The zero-order valence-electron chi connectivity index (χ0n) is 17.3. The quantitative estimate of drug-likeness (QED) is 0.418. The third kappa shape index (κ3) is 3.41. The van der Waals surface area contributed by atoms with Gasteiger partial charge in [0.15, 0.2) is 13.1 Å². The third-order valence-corrected chi connectivity index (χ3v) is 5.32. The summed E-state index contributed by atoms with van der Waals surface area (Å²) in [6, 6.07) is -1.16. The largest absolute Gasteiger partial charge is 0.400 e. The third-order valence-electron chi connectivity index (χ3n) is 5.32. The second-order valence-electron chi connectivity index (χ2n) is 9.44. The van der Waals surface area contributed by atoms with Crippen LogP contribution in [-0.2, 0) is 19.1 Å². The molecule has 0 aliphatic carbocycles. The number of ketones is 2. The van der Waals surface area contributed by atoms with Crippen LogP contribution in [0.2, 0.25) is 0 Å². The molecule has 26 heavy (non-hydrogen) atoms. The number of nitrogens with zero attached hydrogens (tertiary/aromatic N) is 2. The minimum atomic E-state index is -0.880. The Labute approximate surface area is 156 Å². The molecule has 0 amide bonds. The Morgan fingerprint density at radius 2 is 1.00 bits per heavy atom. The molecule has 0 radical (unpaired) electrons. The Kier molecular flexibility index (Phi) is 4.87. The van der Waals surface area contributed by atoms with Crippen molar-refractivity contribution in [2.45, 2.75) is 89.9 Å². The fourth-order valence-corrected chi connectivity index (χ4v) is 4.41. The van der Waals surface area contributed by atoms with Gasteiger partial charge in [-0.3, -0.25) is 9.59 Å². The highest BCUT2D eigenvalue weighted by Crippen LogP contribution is 2.37. The molecule has 2 aliphatic rings. The monoisotopic (exact) mass is 364 g/mol. The summed E-state index contributed by atoms with van der Waals surface area (Å²) in [6.45, 7) is 27.4. The van der Waals surface area contributed by atoms with Crippen LogP contribution in [0.4, 0.5) is 0 Å². The van der Waals surface area contributed by atoms with Gasteiger partial charge in [0.2, 0.25) is 23.7 Å². The van der Waals surface area contributed by atoms with E-state index in [1.807, 2.05) is 27.7 Å². The highest BCUT2D eigenvalue weighted by Gasteiger charge is 2.59. The topological polar surface area (TPSA) is 58.6 Å². The predicted molar refractivity (Wildman–Crippen MR) is 98.5 cm³/mol. The van der Waals surface area contributed by atoms with E-state index in [2.05, 4.69) is 0 Å². The summed E-state index contributed by atoms with van der Waals surface area (Å²) >= 11 is 0. The Morgan fingerprint density at radius 3 is 1.19 bits per heavy atom. The lowest BCUT2D eigenvalue weighted by atomic mass is 9.92. The van der Waals surface area contributed by atoms with Gasteiger partial charge in [-0.25, -0.2) is 13.4 Å². The Bertz CT molecular complexity index is 615. The maximum absolute atomic E-state index is 12.7. The van der Waals surface area contributed by atoms with Crippen LogP contribution in [0.15, 0.2) is 0 Å². The van der Waals surface area contributed by atoms with Crippen molar-refractivity contribution in [3.8, 4) is 0 Å². The van der Waals surface area contributed by atoms with Gasteiger partial charge in [-0.1, -0.05) is 0 Å². The molecule has 0 aromatic carbocycles. The van der Waals surface area contributed by atoms with Crippen LogP contribution in [-0.4, -0.2) is 81.7 Å². The van der Waals surface area contributed by atoms with Gasteiger partial charge in [-0.15, -0.1) is 0 Å². The van der Waals surface area contributed by atoms with Gasteiger partial charge in [0.05, 0.1) is 0 Å². The Balaban J connectivity index is 2.09. The van der Waals surface area contributed by atoms with Crippen molar-refractivity contribution in [2.75, 3.05) is 13.1 Å².